The molecule has 5 heteroatoms. The van der Waals surface area contributed by atoms with E-state index in [0.29, 0.717) is 12.5 Å². The van der Waals surface area contributed by atoms with Crippen LogP contribution in [0.25, 0.3) is 0 Å². The van der Waals surface area contributed by atoms with Gasteiger partial charge in [0.2, 0.25) is 0 Å². The fourth-order valence-electron chi connectivity index (χ4n) is 2.66. The lowest BCUT2D eigenvalue weighted by molar-refractivity contribution is -0.108. The van der Waals surface area contributed by atoms with Crippen LogP contribution in [0.2, 0.25) is 36.3 Å². The van der Waals surface area contributed by atoms with Crippen molar-refractivity contribution in [1.82, 2.24) is 0 Å². The Bertz CT molecular complexity index is 434. The van der Waals surface area contributed by atoms with Crippen molar-refractivity contribution in [2.24, 2.45) is 0 Å². The second-order valence-electron chi connectivity index (χ2n) is 11.2. The van der Waals surface area contributed by atoms with Gasteiger partial charge in [0, 0.05) is 18.6 Å². The maximum absolute atomic E-state index is 10.7. The van der Waals surface area contributed by atoms with Crippen LogP contribution >= 0.6 is 0 Å². The van der Waals surface area contributed by atoms with E-state index in [9.17, 15) is 4.79 Å². The van der Waals surface area contributed by atoms with Gasteiger partial charge in [-0.2, -0.15) is 0 Å². The summed E-state index contributed by atoms with van der Waals surface area (Å²) in [6.07, 6.45) is 7.42. The molecule has 0 heterocycles. The standard InChI is InChI=1S/C22H48O3Si2/c1-19(24-26(8,9)21(2,3)4)15-14-17-20(16-12-13-18-23)25-27(10,11)22(5,6)7/h18-20H,12-17H2,1-11H3/t19-,20-/m0/s1. The molecule has 0 radical (unpaired) electrons. The minimum Gasteiger partial charge on any atom is -0.414 e. The highest BCUT2D eigenvalue weighted by Crippen LogP contribution is 2.39. The summed E-state index contributed by atoms with van der Waals surface area (Å²) in [5, 5.41) is 0.471. The lowest BCUT2D eigenvalue weighted by Gasteiger charge is -2.40. The average molecular weight is 417 g/mol. The summed E-state index contributed by atoms with van der Waals surface area (Å²) in [6.45, 7) is 25.3. The summed E-state index contributed by atoms with van der Waals surface area (Å²) in [7, 11) is -3.48. The molecule has 0 N–H and O–H groups in total. The fourth-order valence-corrected chi connectivity index (χ4v) is 5.56. The molecular weight excluding hydrogens is 368 g/mol. The van der Waals surface area contributed by atoms with Crippen molar-refractivity contribution in [2.75, 3.05) is 0 Å². The molecule has 2 atom stereocenters. The molecule has 0 aromatic heterocycles. The van der Waals surface area contributed by atoms with Gasteiger partial charge in [0.25, 0.3) is 0 Å². The number of carbonyl (C=O) groups is 1. The Morgan fingerprint density at radius 2 is 1.22 bits per heavy atom. The van der Waals surface area contributed by atoms with Gasteiger partial charge < -0.3 is 13.6 Å². The average Bonchev–Trinajstić information content (AvgIpc) is 2.43. The van der Waals surface area contributed by atoms with E-state index >= 15 is 0 Å². The first-order valence-corrected chi connectivity index (χ1v) is 16.6. The third kappa shape index (κ3) is 9.86. The molecule has 0 spiro atoms. The normalized spacial score (nSPS) is 16.3. The summed E-state index contributed by atoms with van der Waals surface area (Å²) in [5.41, 5.74) is 0. The Morgan fingerprint density at radius 3 is 1.67 bits per heavy atom. The van der Waals surface area contributed by atoms with E-state index in [2.05, 4.69) is 74.7 Å². The van der Waals surface area contributed by atoms with Gasteiger partial charge in [-0.05, 0) is 75.3 Å². The van der Waals surface area contributed by atoms with Crippen LogP contribution in [0.4, 0.5) is 0 Å². The number of unbranched alkanes of at least 4 members (excludes halogenated alkanes) is 1. The molecule has 0 rings (SSSR count). The molecule has 27 heavy (non-hydrogen) atoms. The summed E-state index contributed by atoms with van der Waals surface area (Å²) in [5.74, 6) is 0. The van der Waals surface area contributed by atoms with Crippen molar-refractivity contribution >= 4 is 22.9 Å². The largest absolute Gasteiger partial charge is 0.414 e. The van der Waals surface area contributed by atoms with Gasteiger partial charge >= 0.3 is 0 Å². The predicted molar refractivity (Wildman–Crippen MR) is 124 cm³/mol. The third-order valence-corrected chi connectivity index (χ3v) is 15.7. The van der Waals surface area contributed by atoms with E-state index in [0.717, 1.165) is 38.4 Å². The van der Waals surface area contributed by atoms with Crippen LogP contribution in [0, 0.1) is 0 Å². The van der Waals surface area contributed by atoms with Crippen LogP contribution in [0.15, 0.2) is 0 Å². The van der Waals surface area contributed by atoms with Crippen molar-refractivity contribution in [3.63, 3.8) is 0 Å². The predicted octanol–water partition coefficient (Wildman–Crippen LogP) is 7.33. The van der Waals surface area contributed by atoms with Crippen molar-refractivity contribution in [2.45, 2.75) is 135 Å². The minimum absolute atomic E-state index is 0.217. The van der Waals surface area contributed by atoms with Crippen molar-refractivity contribution in [3.05, 3.63) is 0 Å². The third-order valence-electron chi connectivity index (χ3n) is 6.55. The van der Waals surface area contributed by atoms with E-state index in [-0.39, 0.29) is 16.2 Å². The maximum atomic E-state index is 10.7. The van der Waals surface area contributed by atoms with Crippen LogP contribution in [0.5, 0.6) is 0 Å². The molecule has 0 aromatic carbocycles. The molecule has 0 amide bonds. The second kappa shape index (κ2) is 10.7. The highest BCUT2D eigenvalue weighted by atomic mass is 28.4. The zero-order valence-electron chi connectivity index (χ0n) is 20.2. The second-order valence-corrected chi connectivity index (χ2v) is 20.7. The Morgan fingerprint density at radius 1 is 0.778 bits per heavy atom. The smallest absolute Gasteiger partial charge is 0.192 e. The minimum atomic E-state index is -1.78. The number of rotatable bonds is 12. The van der Waals surface area contributed by atoms with E-state index in [1.807, 2.05) is 0 Å². The summed E-state index contributed by atoms with van der Waals surface area (Å²) in [6, 6.07) is 0. The first-order chi connectivity index (χ1) is 12.0. The van der Waals surface area contributed by atoms with E-state index in [1.165, 1.54) is 0 Å². The first-order valence-electron chi connectivity index (χ1n) is 10.8. The summed E-state index contributed by atoms with van der Waals surface area (Å²) in [4.78, 5) is 10.7. The highest BCUT2D eigenvalue weighted by Gasteiger charge is 2.39. The van der Waals surface area contributed by atoms with Crippen LogP contribution in [-0.2, 0) is 13.6 Å². The van der Waals surface area contributed by atoms with Gasteiger partial charge in [0.05, 0.1) is 0 Å². The number of hydrogen-bond acceptors (Lipinski definition) is 3. The summed E-state index contributed by atoms with van der Waals surface area (Å²) < 4.78 is 13.2. The van der Waals surface area contributed by atoms with Crippen molar-refractivity contribution in [3.8, 4) is 0 Å². The maximum Gasteiger partial charge on any atom is 0.192 e. The van der Waals surface area contributed by atoms with Gasteiger partial charge in [0.15, 0.2) is 16.6 Å². The summed E-state index contributed by atoms with van der Waals surface area (Å²) >= 11 is 0. The molecule has 0 aliphatic heterocycles. The lowest BCUT2D eigenvalue weighted by atomic mass is 10.0. The molecule has 0 aliphatic carbocycles. The van der Waals surface area contributed by atoms with Crippen LogP contribution in [0.3, 0.4) is 0 Å². The first kappa shape index (κ1) is 27.0. The Kier molecular flexibility index (Phi) is 10.7. The Labute approximate surface area is 172 Å². The molecule has 0 fully saturated rings. The lowest BCUT2D eigenvalue weighted by Crippen LogP contribution is -2.44. The van der Waals surface area contributed by atoms with E-state index in [1.54, 1.807) is 0 Å². The SMILES string of the molecule is C[C@@H](CCC[C@H](CCCC=O)O[Si](C)(C)C(C)(C)C)O[Si](C)(C)C(C)(C)C. The number of carbonyl (C=O) groups excluding carboxylic acids is 1. The number of hydrogen-bond donors (Lipinski definition) is 0. The highest BCUT2D eigenvalue weighted by molar-refractivity contribution is 6.74. The molecule has 0 aromatic rings. The van der Waals surface area contributed by atoms with Gasteiger partial charge in [-0.15, -0.1) is 0 Å². The number of aldehydes is 1. The van der Waals surface area contributed by atoms with E-state index in [4.69, 9.17) is 8.85 Å². The van der Waals surface area contributed by atoms with Crippen molar-refractivity contribution < 1.29 is 13.6 Å². The van der Waals surface area contributed by atoms with Gasteiger partial charge in [-0.25, -0.2) is 0 Å². The quantitative estimate of drug-likeness (QED) is 0.190. The topological polar surface area (TPSA) is 35.5 Å². The van der Waals surface area contributed by atoms with E-state index < -0.39 is 16.6 Å². The van der Waals surface area contributed by atoms with Gasteiger partial charge in [-0.3, -0.25) is 0 Å². The Hall–Kier alpha value is 0.0238. The molecule has 0 unspecified atom stereocenters. The monoisotopic (exact) mass is 416 g/mol. The van der Waals surface area contributed by atoms with Crippen LogP contribution in [0.1, 0.15) is 87.0 Å². The molecular formula is C22H48O3Si2. The van der Waals surface area contributed by atoms with Crippen molar-refractivity contribution in [1.29, 1.82) is 0 Å². The van der Waals surface area contributed by atoms with Gasteiger partial charge in [-0.1, -0.05) is 41.5 Å². The van der Waals surface area contributed by atoms with Crippen LogP contribution in [-0.4, -0.2) is 35.1 Å². The zero-order valence-corrected chi connectivity index (χ0v) is 22.2. The molecule has 0 saturated heterocycles. The van der Waals surface area contributed by atoms with Crippen LogP contribution < -0.4 is 0 Å². The molecule has 3 nitrogen and oxygen atoms in total. The molecule has 162 valence electrons. The fraction of sp³-hybridized carbons (Fsp3) is 0.955. The zero-order chi connectivity index (χ0) is 21.5. The molecule has 0 saturated carbocycles. The molecule has 0 bridgehead atoms. The Balaban J connectivity index is 4.70. The molecule has 0 aliphatic rings. The van der Waals surface area contributed by atoms with Gasteiger partial charge in [0.1, 0.15) is 6.29 Å².